The number of benzene rings is 1. The van der Waals surface area contributed by atoms with Crippen LogP contribution in [-0.2, 0) is 4.74 Å². The van der Waals surface area contributed by atoms with Gasteiger partial charge < -0.3 is 10.1 Å². The largest absolute Gasteiger partial charge is 0.380 e. The van der Waals surface area contributed by atoms with Crippen LogP contribution in [0.15, 0.2) is 24.3 Å². The smallest absolute Gasteiger partial charge is 0.0590 e. The van der Waals surface area contributed by atoms with Crippen molar-refractivity contribution >= 4 is 22.6 Å². The predicted octanol–water partition coefficient (Wildman–Crippen LogP) is 2.98. The van der Waals surface area contributed by atoms with E-state index in [1.54, 1.807) is 0 Å². The monoisotopic (exact) mass is 319 g/mol. The van der Waals surface area contributed by atoms with E-state index in [-0.39, 0.29) is 0 Å². The van der Waals surface area contributed by atoms with Gasteiger partial charge in [0.05, 0.1) is 6.61 Å². The lowest BCUT2D eigenvalue weighted by atomic mass is 10.1. The maximum absolute atomic E-state index is 5.28. The number of halogens is 1. The highest BCUT2D eigenvalue weighted by atomic mass is 127. The van der Waals surface area contributed by atoms with Crippen molar-refractivity contribution in [2.45, 2.75) is 19.9 Å². The molecule has 15 heavy (non-hydrogen) atoms. The van der Waals surface area contributed by atoms with Gasteiger partial charge in [0.2, 0.25) is 0 Å². The van der Waals surface area contributed by atoms with Gasteiger partial charge in [-0.25, -0.2) is 0 Å². The lowest BCUT2D eigenvalue weighted by Crippen LogP contribution is -2.23. The molecule has 84 valence electrons. The summed E-state index contributed by atoms with van der Waals surface area (Å²) in [6.45, 7) is 6.67. The second-order valence-corrected chi connectivity index (χ2v) is 4.67. The van der Waals surface area contributed by atoms with Crippen molar-refractivity contribution in [1.82, 2.24) is 5.32 Å². The Morgan fingerprint density at radius 2 is 2.00 bits per heavy atom. The minimum absolute atomic E-state index is 0.391. The first kappa shape index (κ1) is 12.9. The summed E-state index contributed by atoms with van der Waals surface area (Å²) in [5, 5.41) is 3.43. The van der Waals surface area contributed by atoms with E-state index in [0.717, 1.165) is 19.8 Å². The van der Waals surface area contributed by atoms with E-state index in [9.17, 15) is 0 Å². The normalized spacial score (nSPS) is 12.7. The molecule has 1 aromatic rings. The van der Waals surface area contributed by atoms with Gasteiger partial charge in [0.1, 0.15) is 0 Å². The molecule has 0 aliphatic heterocycles. The molecule has 0 unspecified atom stereocenters. The van der Waals surface area contributed by atoms with Crippen molar-refractivity contribution in [3.8, 4) is 0 Å². The molecule has 0 saturated carbocycles. The van der Waals surface area contributed by atoms with Crippen LogP contribution < -0.4 is 5.32 Å². The predicted molar refractivity (Wildman–Crippen MR) is 72.1 cm³/mol. The Labute approximate surface area is 106 Å². The zero-order chi connectivity index (χ0) is 11.1. The number of ether oxygens (including phenoxy) is 1. The minimum atomic E-state index is 0.391. The van der Waals surface area contributed by atoms with Crippen LogP contribution in [0.1, 0.15) is 25.5 Å². The molecule has 0 aliphatic rings. The van der Waals surface area contributed by atoms with E-state index in [1.807, 2.05) is 6.92 Å². The Morgan fingerprint density at radius 1 is 1.33 bits per heavy atom. The molecule has 1 aromatic carbocycles. The van der Waals surface area contributed by atoms with Gasteiger partial charge in [-0.3, -0.25) is 0 Å². The van der Waals surface area contributed by atoms with Crippen LogP contribution in [0.2, 0.25) is 0 Å². The van der Waals surface area contributed by atoms with E-state index < -0.39 is 0 Å². The molecule has 0 bridgehead atoms. The molecule has 0 fully saturated rings. The van der Waals surface area contributed by atoms with Gasteiger partial charge in [0.15, 0.2) is 0 Å². The van der Waals surface area contributed by atoms with E-state index >= 15 is 0 Å². The summed E-state index contributed by atoms with van der Waals surface area (Å²) < 4.78 is 6.55. The molecule has 0 spiro atoms. The minimum Gasteiger partial charge on any atom is -0.380 e. The molecule has 0 aliphatic carbocycles. The summed E-state index contributed by atoms with van der Waals surface area (Å²) in [5.74, 6) is 0. The Morgan fingerprint density at radius 3 is 2.60 bits per heavy atom. The molecule has 1 rings (SSSR count). The lowest BCUT2D eigenvalue weighted by molar-refractivity contribution is 0.147. The van der Waals surface area contributed by atoms with E-state index in [2.05, 4.69) is 59.1 Å². The SMILES string of the molecule is CCOCCN[C@H](C)c1ccc(I)cc1. The van der Waals surface area contributed by atoms with Crippen LogP contribution in [0.25, 0.3) is 0 Å². The first-order valence-electron chi connectivity index (χ1n) is 5.30. The molecule has 0 radical (unpaired) electrons. The summed E-state index contributed by atoms with van der Waals surface area (Å²) in [5.41, 5.74) is 1.33. The Bertz CT molecular complexity index is 273. The summed E-state index contributed by atoms with van der Waals surface area (Å²) in [6, 6.07) is 9.00. The van der Waals surface area contributed by atoms with E-state index in [0.29, 0.717) is 6.04 Å². The standard InChI is InChI=1S/C12H18INO/c1-3-15-9-8-14-10(2)11-4-6-12(13)7-5-11/h4-7,10,14H,3,8-9H2,1-2H3/t10-/m1/s1. The number of nitrogens with one attached hydrogen (secondary N) is 1. The second kappa shape index (κ2) is 7.19. The van der Waals surface area contributed by atoms with E-state index in [4.69, 9.17) is 4.74 Å². The third kappa shape index (κ3) is 4.95. The first-order chi connectivity index (χ1) is 7.24. The van der Waals surface area contributed by atoms with Crippen molar-refractivity contribution < 1.29 is 4.74 Å². The Kier molecular flexibility index (Phi) is 6.20. The van der Waals surface area contributed by atoms with Gasteiger partial charge in [-0.05, 0) is 54.1 Å². The van der Waals surface area contributed by atoms with Crippen molar-refractivity contribution in [2.75, 3.05) is 19.8 Å². The number of hydrogen-bond donors (Lipinski definition) is 1. The zero-order valence-electron chi connectivity index (χ0n) is 9.29. The van der Waals surface area contributed by atoms with Crippen molar-refractivity contribution in [2.24, 2.45) is 0 Å². The fourth-order valence-corrected chi connectivity index (χ4v) is 1.72. The van der Waals surface area contributed by atoms with Gasteiger partial charge in [0.25, 0.3) is 0 Å². The molecule has 1 N–H and O–H groups in total. The molecule has 0 heterocycles. The molecule has 3 heteroatoms. The highest BCUT2D eigenvalue weighted by molar-refractivity contribution is 14.1. The highest BCUT2D eigenvalue weighted by Gasteiger charge is 2.03. The molecule has 0 saturated heterocycles. The average Bonchev–Trinajstić information content (AvgIpc) is 2.25. The second-order valence-electron chi connectivity index (χ2n) is 3.42. The summed E-state index contributed by atoms with van der Waals surface area (Å²) >= 11 is 2.32. The van der Waals surface area contributed by atoms with Crippen molar-refractivity contribution in [1.29, 1.82) is 0 Å². The summed E-state index contributed by atoms with van der Waals surface area (Å²) in [4.78, 5) is 0. The number of rotatable bonds is 6. The summed E-state index contributed by atoms with van der Waals surface area (Å²) in [6.07, 6.45) is 0. The van der Waals surface area contributed by atoms with Crippen LogP contribution in [0.3, 0.4) is 0 Å². The molecular weight excluding hydrogens is 301 g/mol. The maximum atomic E-state index is 5.28. The highest BCUT2D eigenvalue weighted by Crippen LogP contribution is 2.13. The van der Waals surface area contributed by atoms with Gasteiger partial charge in [-0.2, -0.15) is 0 Å². The van der Waals surface area contributed by atoms with Gasteiger partial charge in [0, 0.05) is 22.8 Å². The third-order valence-corrected chi connectivity index (χ3v) is 2.99. The van der Waals surface area contributed by atoms with Crippen LogP contribution in [0, 0.1) is 3.57 Å². The molecule has 2 nitrogen and oxygen atoms in total. The van der Waals surface area contributed by atoms with Crippen LogP contribution >= 0.6 is 22.6 Å². The quantitative estimate of drug-likeness (QED) is 0.643. The zero-order valence-corrected chi connectivity index (χ0v) is 11.5. The lowest BCUT2D eigenvalue weighted by Gasteiger charge is -2.14. The van der Waals surface area contributed by atoms with Crippen LogP contribution in [-0.4, -0.2) is 19.8 Å². The van der Waals surface area contributed by atoms with Gasteiger partial charge in [-0.1, -0.05) is 12.1 Å². The van der Waals surface area contributed by atoms with E-state index in [1.165, 1.54) is 9.13 Å². The average molecular weight is 319 g/mol. The Balaban J connectivity index is 2.33. The third-order valence-electron chi connectivity index (χ3n) is 2.27. The maximum Gasteiger partial charge on any atom is 0.0590 e. The van der Waals surface area contributed by atoms with Crippen LogP contribution in [0.4, 0.5) is 0 Å². The van der Waals surface area contributed by atoms with Crippen LogP contribution in [0.5, 0.6) is 0 Å². The molecule has 0 aromatic heterocycles. The molecular formula is C12H18INO. The molecule has 0 amide bonds. The van der Waals surface area contributed by atoms with Crippen molar-refractivity contribution in [3.05, 3.63) is 33.4 Å². The van der Waals surface area contributed by atoms with Gasteiger partial charge in [-0.15, -0.1) is 0 Å². The van der Waals surface area contributed by atoms with Crippen molar-refractivity contribution in [3.63, 3.8) is 0 Å². The molecule has 1 atom stereocenters. The number of hydrogen-bond acceptors (Lipinski definition) is 2. The Hall–Kier alpha value is -0.130. The van der Waals surface area contributed by atoms with Gasteiger partial charge >= 0.3 is 0 Å². The first-order valence-corrected chi connectivity index (χ1v) is 6.38. The fraction of sp³-hybridized carbons (Fsp3) is 0.500. The fourth-order valence-electron chi connectivity index (χ4n) is 1.36. The summed E-state index contributed by atoms with van der Waals surface area (Å²) in [7, 11) is 0. The topological polar surface area (TPSA) is 21.3 Å².